The molecule has 18 heavy (non-hydrogen) atoms. The van der Waals surface area contributed by atoms with Crippen molar-refractivity contribution in [3.05, 3.63) is 0 Å². The summed E-state index contributed by atoms with van der Waals surface area (Å²) in [4.78, 5) is 0. The Bertz CT molecular complexity index is 156. The van der Waals surface area contributed by atoms with Crippen molar-refractivity contribution in [3.63, 3.8) is 0 Å². The first kappa shape index (κ1) is 20.4. The lowest BCUT2D eigenvalue weighted by atomic mass is 10.1. The van der Waals surface area contributed by atoms with Gasteiger partial charge in [0.1, 0.15) is 0 Å². The molecule has 0 aliphatic carbocycles. The molecule has 0 rings (SSSR count). The van der Waals surface area contributed by atoms with Gasteiger partial charge in [-0.25, -0.2) is 0 Å². The fourth-order valence-corrected chi connectivity index (χ4v) is 4.58. The molecule has 0 atom stereocenters. The average molecular weight is 280 g/mol. The molecule has 0 bridgehead atoms. The molecule has 0 saturated carbocycles. The van der Waals surface area contributed by atoms with Crippen molar-refractivity contribution in [1.82, 2.24) is 0 Å². The van der Waals surface area contributed by atoms with E-state index >= 15 is 0 Å². The Morgan fingerprint density at radius 2 is 1.17 bits per heavy atom. The highest BCUT2D eigenvalue weighted by atomic mass is 28.4. The normalized spacial score (nSPS) is 11.3. The first-order chi connectivity index (χ1) is 8.24. The van der Waals surface area contributed by atoms with Crippen LogP contribution in [-0.2, 0) is 8.85 Å². The van der Waals surface area contributed by atoms with Crippen LogP contribution in [0.3, 0.4) is 0 Å². The molecule has 112 valence electrons. The lowest BCUT2D eigenvalue weighted by Gasteiger charge is -2.25. The maximum Gasteiger partial charge on any atom is 0.337 e. The maximum absolute atomic E-state index is 5.61. The molecule has 0 amide bonds. The number of hydrogen-bond acceptors (Lipinski definition) is 2. The van der Waals surface area contributed by atoms with Gasteiger partial charge in [-0.05, 0) is 12.1 Å². The van der Waals surface area contributed by atoms with E-state index in [2.05, 4.69) is 13.8 Å². The van der Waals surface area contributed by atoms with Crippen molar-refractivity contribution >= 4 is 8.56 Å². The number of hydrogen-bond donors (Lipinski definition) is 0. The molecule has 2 nitrogen and oxygen atoms in total. The molecule has 0 aliphatic rings. The van der Waals surface area contributed by atoms with Crippen molar-refractivity contribution in [2.75, 3.05) is 14.2 Å². The minimum Gasteiger partial charge on any atom is -0.398 e. The first-order valence-corrected chi connectivity index (χ1v) is 9.58. The molecule has 0 radical (unpaired) electrons. The minimum absolute atomic E-state index is 0. The third-order valence-electron chi connectivity index (χ3n) is 3.69. The Morgan fingerprint density at radius 3 is 1.56 bits per heavy atom. The van der Waals surface area contributed by atoms with Gasteiger partial charge in [-0.2, -0.15) is 0 Å². The summed E-state index contributed by atoms with van der Waals surface area (Å²) < 4.78 is 11.2. The predicted molar refractivity (Wildman–Crippen MR) is 80.2 cm³/mol. The molecule has 0 aromatic heterocycles. The number of halogens is 1. The molecule has 0 saturated heterocycles. The zero-order valence-electron chi connectivity index (χ0n) is 12.8. The quantitative estimate of drug-likeness (QED) is 0.368. The van der Waals surface area contributed by atoms with Gasteiger partial charge < -0.3 is 8.85 Å². The number of rotatable bonds is 12. The summed E-state index contributed by atoms with van der Waals surface area (Å²) in [5.41, 5.74) is 0. The van der Waals surface area contributed by atoms with Gasteiger partial charge in [0.15, 0.2) is 0 Å². The fourth-order valence-electron chi connectivity index (χ4n) is 2.28. The van der Waals surface area contributed by atoms with E-state index in [4.69, 9.17) is 8.85 Å². The third-order valence-corrected chi connectivity index (χ3v) is 7.37. The van der Waals surface area contributed by atoms with Gasteiger partial charge in [0.25, 0.3) is 0 Å². The highest BCUT2D eigenvalue weighted by Gasteiger charge is 2.32. The van der Waals surface area contributed by atoms with Crippen LogP contribution < -0.4 is 0 Å². The standard InChI is InChI=1S/C14H32O2Si.FH/c1-5-7-8-9-10-11-12-13-14-17(6-2,15-3)16-4;/h5-14H2,1-4H3;1H. The van der Waals surface area contributed by atoms with Crippen LogP contribution in [0.5, 0.6) is 0 Å². The summed E-state index contributed by atoms with van der Waals surface area (Å²) in [6.45, 7) is 4.45. The lowest BCUT2D eigenvalue weighted by Crippen LogP contribution is -2.38. The van der Waals surface area contributed by atoms with Crippen LogP contribution in [0.25, 0.3) is 0 Å². The van der Waals surface area contributed by atoms with Gasteiger partial charge in [0.05, 0.1) is 0 Å². The average Bonchev–Trinajstić information content (AvgIpc) is 2.38. The molecule has 0 spiro atoms. The SMILES string of the molecule is CCCCCCCCCC[Si](CC)(OC)OC.F. The highest BCUT2D eigenvalue weighted by molar-refractivity contribution is 6.67. The van der Waals surface area contributed by atoms with E-state index in [0.717, 1.165) is 12.1 Å². The van der Waals surface area contributed by atoms with Crippen LogP contribution in [0.2, 0.25) is 12.1 Å². The van der Waals surface area contributed by atoms with Crippen LogP contribution in [0.15, 0.2) is 0 Å². The van der Waals surface area contributed by atoms with E-state index < -0.39 is 8.56 Å². The Kier molecular flexibility index (Phi) is 15.3. The summed E-state index contributed by atoms with van der Waals surface area (Å²) in [5, 5.41) is 0. The van der Waals surface area contributed by atoms with Crippen molar-refractivity contribution in [1.29, 1.82) is 0 Å². The van der Waals surface area contributed by atoms with E-state index in [0.29, 0.717) is 0 Å². The van der Waals surface area contributed by atoms with Gasteiger partial charge in [-0.1, -0.05) is 65.2 Å². The van der Waals surface area contributed by atoms with E-state index in [-0.39, 0.29) is 4.70 Å². The molecular weight excluding hydrogens is 247 g/mol. The maximum atomic E-state index is 5.61. The van der Waals surface area contributed by atoms with Gasteiger partial charge in [-0.15, -0.1) is 0 Å². The van der Waals surface area contributed by atoms with E-state index in [1.807, 2.05) is 14.2 Å². The molecule has 0 fully saturated rings. The van der Waals surface area contributed by atoms with Crippen LogP contribution in [-0.4, -0.2) is 22.8 Å². The molecule has 0 aromatic carbocycles. The Morgan fingerprint density at radius 1 is 0.722 bits per heavy atom. The van der Waals surface area contributed by atoms with Crippen molar-refractivity contribution in [3.8, 4) is 0 Å². The van der Waals surface area contributed by atoms with Gasteiger partial charge >= 0.3 is 8.56 Å². The van der Waals surface area contributed by atoms with Gasteiger partial charge in [0, 0.05) is 14.2 Å². The van der Waals surface area contributed by atoms with Gasteiger partial charge in [0.2, 0.25) is 0 Å². The summed E-state index contributed by atoms with van der Waals surface area (Å²) in [6, 6.07) is 2.22. The van der Waals surface area contributed by atoms with Crippen molar-refractivity contribution in [2.45, 2.75) is 77.3 Å². The van der Waals surface area contributed by atoms with Crippen molar-refractivity contribution < 1.29 is 13.6 Å². The number of unbranched alkanes of at least 4 members (excludes halogenated alkanes) is 7. The summed E-state index contributed by atoms with van der Waals surface area (Å²) in [5.74, 6) is 0. The van der Waals surface area contributed by atoms with Crippen LogP contribution in [0.1, 0.15) is 65.2 Å². The molecular formula is C14H33FO2Si. The van der Waals surface area contributed by atoms with E-state index in [9.17, 15) is 0 Å². The first-order valence-electron chi connectivity index (χ1n) is 7.35. The summed E-state index contributed by atoms with van der Waals surface area (Å²) >= 11 is 0. The summed E-state index contributed by atoms with van der Waals surface area (Å²) in [7, 11) is 1.82. The van der Waals surface area contributed by atoms with Crippen molar-refractivity contribution in [2.24, 2.45) is 0 Å². The molecule has 0 aromatic rings. The summed E-state index contributed by atoms with van der Waals surface area (Å²) in [6.07, 6.45) is 11.0. The Balaban J connectivity index is 0. The molecule has 0 aliphatic heterocycles. The second-order valence-electron chi connectivity index (χ2n) is 4.90. The largest absolute Gasteiger partial charge is 0.398 e. The second kappa shape index (κ2) is 13.5. The predicted octanol–water partition coefficient (Wildman–Crippen LogP) is 5.03. The second-order valence-corrected chi connectivity index (χ2v) is 8.74. The molecule has 4 heteroatoms. The van der Waals surface area contributed by atoms with Crippen LogP contribution >= 0.6 is 0 Å². The van der Waals surface area contributed by atoms with Gasteiger partial charge in [-0.3, -0.25) is 4.70 Å². The zero-order valence-corrected chi connectivity index (χ0v) is 13.8. The fraction of sp³-hybridized carbons (Fsp3) is 1.00. The zero-order chi connectivity index (χ0) is 13.0. The van der Waals surface area contributed by atoms with Crippen LogP contribution in [0.4, 0.5) is 4.70 Å². The lowest BCUT2D eigenvalue weighted by molar-refractivity contribution is 0.241. The molecule has 0 unspecified atom stereocenters. The molecule has 0 N–H and O–H groups in total. The van der Waals surface area contributed by atoms with Crippen LogP contribution in [0, 0.1) is 0 Å². The minimum atomic E-state index is -1.80. The monoisotopic (exact) mass is 280 g/mol. The highest BCUT2D eigenvalue weighted by Crippen LogP contribution is 2.21. The molecule has 0 heterocycles. The topological polar surface area (TPSA) is 18.5 Å². The third kappa shape index (κ3) is 9.06. The smallest absolute Gasteiger partial charge is 0.337 e. The van der Waals surface area contributed by atoms with E-state index in [1.54, 1.807) is 0 Å². The van der Waals surface area contributed by atoms with E-state index in [1.165, 1.54) is 51.4 Å². The Hall–Kier alpha value is 0.0669. The Labute approximate surface area is 114 Å².